The lowest BCUT2D eigenvalue weighted by Crippen LogP contribution is -2.44. The topological polar surface area (TPSA) is 98.9 Å². The molecule has 2 atom stereocenters. The van der Waals surface area contributed by atoms with Gasteiger partial charge in [-0.2, -0.15) is 4.98 Å². The number of rotatable bonds is 4. The number of fused-ring (bicyclic) bond motifs is 1. The Kier molecular flexibility index (Phi) is 5.37. The number of anilines is 1. The van der Waals surface area contributed by atoms with E-state index in [4.69, 9.17) is 24.7 Å². The molecule has 9 nitrogen and oxygen atoms in total. The maximum Gasteiger partial charge on any atom is 0.250 e. The highest BCUT2D eigenvalue weighted by molar-refractivity contribution is 7.15. The van der Waals surface area contributed by atoms with Crippen molar-refractivity contribution in [3.63, 3.8) is 0 Å². The van der Waals surface area contributed by atoms with E-state index in [9.17, 15) is 4.79 Å². The fourth-order valence-electron chi connectivity index (χ4n) is 4.43. The summed E-state index contributed by atoms with van der Waals surface area (Å²) in [6.07, 6.45) is 5.92. The summed E-state index contributed by atoms with van der Waals surface area (Å²) in [5.41, 5.74) is 4.71. The van der Waals surface area contributed by atoms with Gasteiger partial charge in [-0.05, 0) is 45.2 Å². The van der Waals surface area contributed by atoms with Crippen LogP contribution in [-0.2, 0) is 11.8 Å². The van der Waals surface area contributed by atoms with Crippen LogP contribution in [0.15, 0.2) is 29.3 Å². The smallest absolute Gasteiger partial charge is 0.250 e. The van der Waals surface area contributed by atoms with Crippen LogP contribution in [0.25, 0.3) is 21.7 Å². The van der Waals surface area contributed by atoms with Crippen LogP contribution in [0.4, 0.5) is 5.95 Å². The largest absolute Gasteiger partial charge is 0.367 e. The molecule has 180 valence electrons. The Bertz CT molecular complexity index is 1490. The molecule has 2 aliphatic rings. The Morgan fingerprint density at radius 3 is 2.63 bits per heavy atom. The molecule has 0 N–H and O–H groups in total. The summed E-state index contributed by atoms with van der Waals surface area (Å²) in [4.78, 5) is 39.1. The average molecular weight is 490 g/mol. The van der Waals surface area contributed by atoms with Gasteiger partial charge < -0.3 is 14.2 Å². The molecule has 1 aliphatic carbocycles. The Balaban J connectivity index is 1.43. The highest BCUT2D eigenvalue weighted by Gasteiger charge is 2.31. The number of thiazole rings is 1. The van der Waals surface area contributed by atoms with Gasteiger partial charge in [-0.25, -0.2) is 19.9 Å². The summed E-state index contributed by atoms with van der Waals surface area (Å²) < 4.78 is 7.82. The fraction of sp³-hybridized carbons (Fsp3) is 0.440. The second-order valence-electron chi connectivity index (χ2n) is 9.53. The Labute approximate surface area is 206 Å². The zero-order chi connectivity index (χ0) is 24.3. The van der Waals surface area contributed by atoms with Crippen LogP contribution in [0.5, 0.6) is 0 Å². The van der Waals surface area contributed by atoms with Gasteiger partial charge in [-0.3, -0.25) is 4.79 Å². The van der Waals surface area contributed by atoms with E-state index < -0.39 is 0 Å². The minimum Gasteiger partial charge on any atom is -0.367 e. The van der Waals surface area contributed by atoms with E-state index in [0.717, 1.165) is 27.5 Å². The van der Waals surface area contributed by atoms with Crippen molar-refractivity contribution in [2.24, 2.45) is 7.05 Å². The minimum atomic E-state index is -0.205. The molecule has 0 aromatic carbocycles. The van der Waals surface area contributed by atoms with Gasteiger partial charge in [0, 0.05) is 38.0 Å². The molecule has 4 aromatic heterocycles. The number of aryl methyl sites for hydroxylation is 3. The van der Waals surface area contributed by atoms with Crippen LogP contribution < -0.4 is 10.5 Å². The van der Waals surface area contributed by atoms with Crippen molar-refractivity contribution in [3.05, 3.63) is 56.8 Å². The predicted octanol–water partition coefficient (Wildman–Crippen LogP) is 3.70. The normalized spacial score (nSPS) is 20.5. The van der Waals surface area contributed by atoms with Gasteiger partial charge >= 0.3 is 0 Å². The number of morpholine rings is 1. The molecule has 6 rings (SSSR count). The number of hydrogen-bond donors (Lipinski definition) is 0. The second kappa shape index (κ2) is 8.46. The summed E-state index contributed by atoms with van der Waals surface area (Å²) in [5, 5.41) is 1.17. The van der Waals surface area contributed by atoms with Crippen molar-refractivity contribution in [2.75, 3.05) is 18.0 Å². The van der Waals surface area contributed by atoms with Gasteiger partial charge in [0.2, 0.25) is 11.5 Å². The first-order chi connectivity index (χ1) is 16.9. The quantitative estimate of drug-likeness (QED) is 0.428. The molecule has 2 fully saturated rings. The first-order valence-electron chi connectivity index (χ1n) is 11.9. The van der Waals surface area contributed by atoms with E-state index in [1.54, 1.807) is 29.0 Å². The Hall–Kier alpha value is -3.24. The molecule has 1 saturated heterocycles. The number of aromatic nitrogens is 6. The minimum absolute atomic E-state index is 0.0376. The second-order valence-corrected chi connectivity index (χ2v) is 10.6. The molecule has 35 heavy (non-hydrogen) atoms. The van der Waals surface area contributed by atoms with Crippen molar-refractivity contribution < 1.29 is 4.74 Å². The monoisotopic (exact) mass is 489 g/mol. The lowest BCUT2D eigenvalue weighted by molar-refractivity contribution is -0.0181. The van der Waals surface area contributed by atoms with Gasteiger partial charge in [-0.1, -0.05) is 0 Å². The SMILES string of the molecule is Cc1nc2nc(N3C[C@@H](C)O[C@@H](c4ccc(=O)n(C)c4)C3)nc(-c3cnc(C4CC4)s3)c2nc1C. The lowest BCUT2D eigenvalue weighted by atomic mass is 10.1. The maximum absolute atomic E-state index is 11.9. The van der Waals surface area contributed by atoms with Crippen molar-refractivity contribution in [1.82, 2.24) is 29.5 Å². The molecule has 0 spiro atoms. The van der Waals surface area contributed by atoms with E-state index in [1.807, 2.05) is 39.2 Å². The predicted molar refractivity (Wildman–Crippen MR) is 135 cm³/mol. The summed E-state index contributed by atoms with van der Waals surface area (Å²) in [5.74, 6) is 1.19. The van der Waals surface area contributed by atoms with Crippen molar-refractivity contribution in [1.29, 1.82) is 0 Å². The first kappa shape index (κ1) is 22.2. The van der Waals surface area contributed by atoms with Gasteiger partial charge in [0.25, 0.3) is 0 Å². The van der Waals surface area contributed by atoms with Crippen LogP contribution in [0, 0.1) is 13.8 Å². The number of ether oxygens (including phenoxy) is 1. The van der Waals surface area contributed by atoms with E-state index in [1.165, 1.54) is 17.8 Å². The van der Waals surface area contributed by atoms with Crippen LogP contribution in [-0.4, -0.2) is 48.7 Å². The zero-order valence-electron chi connectivity index (χ0n) is 20.2. The van der Waals surface area contributed by atoms with Crippen molar-refractivity contribution >= 4 is 28.4 Å². The molecule has 1 aliphatic heterocycles. The molecule has 0 amide bonds. The van der Waals surface area contributed by atoms with Crippen LogP contribution in [0.3, 0.4) is 0 Å². The summed E-state index contributed by atoms with van der Waals surface area (Å²) >= 11 is 1.69. The molecule has 10 heteroatoms. The van der Waals surface area contributed by atoms with E-state index in [2.05, 4.69) is 9.88 Å². The third-order valence-corrected chi connectivity index (χ3v) is 7.80. The van der Waals surface area contributed by atoms with Gasteiger partial charge in [0.1, 0.15) is 17.3 Å². The van der Waals surface area contributed by atoms with E-state index >= 15 is 0 Å². The van der Waals surface area contributed by atoms with Crippen LogP contribution in [0.2, 0.25) is 0 Å². The Morgan fingerprint density at radius 2 is 1.86 bits per heavy atom. The molecule has 0 unspecified atom stereocenters. The molecule has 0 bridgehead atoms. The first-order valence-corrected chi connectivity index (χ1v) is 12.7. The number of nitrogens with zero attached hydrogens (tertiary/aromatic N) is 7. The van der Waals surface area contributed by atoms with Crippen molar-refractivity contribution in [3.8, 4) is 10.6 Å². The summed E-state index contributed by atoms with van der Waals surface area (Å²) in [7, 11) is 1.75. The number of pyridine rings is 1. The van der Waals surface area contributed by atoms with Gasteiger partial charge in [-0.15, -0.1) is 11.3 Å². The molecular weight excluding hydrogens is 462 g/mol. The summed E-state index contributed by atoms with van der Waals surface area (Å²) in [6.45, 7) is 7.18. The fourth-order valence-corrected chi connectivity index (χ4v) is 5.51. The molecule has 5 heterocycles. The van der Waals surface area contributed by atoms with Crippen LogP contribution >= 0.6 is 11.3 Å². The highest BCUT2D eigenvalue weighted by Crippen LogP contribution is 2.44. The van der Waals surface area contributed by atoms with Crippen LogP contribution in [0.1, 0.15) is 53.7 Å². The highest BCUT2D eigenvalue weighted by atomic mass is 32.1. The molecule has 4 aromatic rings. The standard InChI is InChI=1S/C25H27N7O2S/c1-13-10-32(12-18(34-13)17-7-8-20(33)31(4)11-17)25-29-21(19-9-26-24(35-19)16-5-6-16)22-23(30-25)28-15(3)14(2)27-22/h7-9,11,13,16,18H,5-6,10,12H2,1-4H3/t13-,18-/m1/s1. The van der Waals surface area contributed by atoms with Gasteiger partial charge in [0.15, 0.2) is 5.65 Å². The number of hydrogen-bond acceptors (Lipinski definition) is 9. The third kappa shape index (κ3) is 4.21. The molecular formula is C25H27N7O2S. The molecule has 1 saturated carbocycles. The van der Waals surface area contributed by atoms with Crippen molar-refractivity contribution in [2.45, 2.75) is 51.7 Å². The zero-order valence-corrected chi connectivity index (χ0v) is 21.0. The lowest BCUT2D eigenvalue weighted by Gasteiger charge is -2.37. The Morgan fingerprint density at radius 1 is 1.06 bits per heavy atom. The third-order valence-electron chi connectivity index (χ3n) is 6.64. The van der Waals surface area contributed by atoms with E-state index in [-0.39, 0.29) is 17.8 Å². The van der Waals surface area contributed by atoms with E-state index in [0.29, 0.717) is 36.1 Å². The average Bonchev–Trinajstić information content (AvgIpc) is 3.57. The maximum atomic E-state index is 11.9. The van der Waals surface area contributed by atoms with Gasteiger partial charge in [0.05, 0.1) is 33.9 Å². The molecule has 0 radical (unpaired) electrons. The summed E-state index contributed by atoms with van der Waals surface area (Å²) in [6, 6.07) is 3.42.